The van der Waals surface area contributed by atoms with Crippen molar-refractivity contribution in [1.82, 2.24) is 0 Å². The number of hydrogen-bond acceptors (Lipinski definition) is 1. The SMILES string of the molecule is CC(CC(O)Cc1cccc(Cl)c1)c1ccccc1. The van der Waals surface area contributed by atoms with Gasteiger partial charge in [0.15, 0.2) is 0 Å². The Hall–Kier alpha value is -1.31. The molecular weight excluding hydrogens is 256 g/mol. The number of rotatable bonds is 5. The number of halogens is 1. The van der Waals surface area contributed by atoms with E-state index in [9.17, 15) is 5.11 Å². The molecule has 0 aliphatic heterocycles. The topological polar surface area (TPSA) is 20.2 Å². The second kappa shape index (κ2) is 6.74. The summed E-state index contributed by atoms with van der Waals surface area (Å²) >= 11 is 5.95. The summed E-state index contributed by atoms with van der Waals surface area (Å²) in [5.74, 6) is 0.357. The zero-order valence-corrected chi connectivity index (χ0v) is 11.8. The fourth-order valence-electron chi connectivity index (χ4n) is 2.35. The predicted octanol–water partition coefficient (Wildman–Crippen LogP) is 4.44. The first-order chi connectivity index (χ1) is 9.15. The van der Waals surface area contributed by atoms with Crippen LogP contribution in [0.2, 0.25) is 5.02 Å². The van der Waals surface area contributed by atoms with Crippen LogP contribution in [0.4, 0.5) is 0 Å². The zero-order valence-electron chi connectivity index (χ0n) is 11.1. The number of aliphatic hydroxyl groups excluding tert-OH is 1. The Kier molecular flexibility index (Phi) is 5.00. The highest BCUT2D eigenvalue weighted by Crippen LogP contribution is 2.22. The van der Waals surface area contributed by atoms with Gasteiger partial charge in [-0.3, -0.25) is 0 Å². The molecule has 1 nitrogen and oxygen atoms in total. The van der Waals surface area contributed by atoms with Gasteiger partial charge in [-0.05, 0) is 42.0 Å². The fraction of sp³-hybridized carbons (Fsp3) is 0.294. The monoisotopic (exact) mass is 274 g/mol. The third-order valence-electron chi connectivity index (χ3n) is 3.35. The van der Waals surface area contributed by atoms with Gasteiger partial charge >= 0.3 is 0 Å². The van der Waals surface area contributed by atoms with E-state index < -0.39 is 0 Å². The Bertz CT molecular complexity index is 510. The van der Waals surface area contributed by atoms with Crippen LogP contribution in [0.25, 0.3) is 0 Å². The third kappa shape index (κ3) is 4.38. The summed E-state index contributed by atoms with van der Waals surface area (Å²) in [5, 5.41) is 10.9. The van der Waals surface area contributed by atoms with Crippen LogP contribution in [0.1, 0.15) is 30.4 Å². The van der Waals surface area contributed by atoms with E-state index in [1.807, 2.05) is 42.5 Å². The van der Waals surface area contributed by atoms with E-state index in [-0.39, 0.29) is 6.10 Å². The van der Waals surface area contributed by atoms with E-state index >= 15 is 0 Å². The molecule has 100 valence electrons. The smallest absolute Gasteiger partial charge is 0.0586 e. The molecule has 0 aliphatic carbocycles. The van der Waals surface area contributed by atoms with Crippen LogP contribution >= 0.6 is 11.6 Å². The van der Waals surface area contributed by atoms with Gasteiger partial charge in [0.2, 0.25) is 0 Å². The van der Waals surface area contributed by atoms with Crippen molar-refractivity contribution >= 4 is 11.6 Å². The zero-order chi connectivity index (χ0) is 13.7. The van der Waals surface area contributed by atoms with Crippen LogP contribution in [0, 0.1) is 0 Å². The van der Waals surface area contributed by atoms with Crippen molar-refractivity contribution in [2.45, 2.75) is 31.8 Å². The van der Waals surface area contributed by atoms with Crippen LogP contribution < -0.4 is 0 Å². The molecule has 2 rings (SSSR count). The first-order valence-corrected chi connectivity index (χ1v) is 7.00. The van der Waals surface area contributed by atoms with Gasteiger partial charge in [-0.15, -0.1) is 0 Å². The lowest BCUT2D eigenvalue weighted by atomic mass is 9.92. The molecule has 2 atom stereocenters. The maximum atomic E-state index is 10.2. The molecule has 2 aromatic rings. The molecule has 2 aromatic carbocycles. The fourth-order valence-corrected chi connectivity index (χ4v) is 2.56. The molecule has 0 fully saturated rings. The highest BCUT2D eigenvalue weighted by Gasteiger charge is 2.12. The summed E-state index contributed by atoms with van der Waals surface area (Å²) in [7, 11) is 0. The van der Waals surface area contributed by atoms with Gasteiger partial charge in [0, 0.05) is 5.02 Å². The van der Waals surface area contributed by atoms with E-state index in [1.165, 1.54) is 5.56 Å². The molecule has 1 N–H and O–H groups in total. The van der Waals surface area contributed by atoms with Crippen LogP contribution in [-0.2, 0) is 6.42 Å². The average Bonchev–Trinajstić information content (AvgIpc) is 2.39. The van der Waals surface area contributed by atoms with E-state index in [4.69, 9.17) is 11.6 Å². The van der Waals surface area contributed by atoms with Crippen molar-refractivity contribution in [3.05, 3.63) is 70.7 Å². The van der Waals surface area contributed by atoms with Crippen molar-refractivity contribution in [2.24, 2.45) is 0 Å². The summed E-state index contributed by atoms with van der Waals surface area (Å²) in [6, 6.07) is 18.0. The van der Waals surface area contributed by atoms with Gasteiger partial charge in [0.05, 0.1) is 6.10 Å². The van der Waals surface area contributed by atoms with Crippen molar-refractivity contribution in [2.75, 3.05) is 0 Å². The number of aliphatic hydroxyl groups is 1. The van der Waals surface area contributed by atoms with Crippen molar-refractivity contribution in [1.29, 1.82) is 0 Å². The lowest BCUT2D eigenvalue weighted by molar-refractivity contribution is 0.157. The lowest BCUT2D eigenvalue weighted by Crippen LogP contribution is -2.14. The summed E-state index contributed by atoms with van der Waals surface area (Å²) in [6.45, 7) is 2.15. The Morgan fingerprint density at radius 2 is 1.79 bits per heavy atom. The molecule has 0 radical (unpaired) electrons. The van der Waals surface area contributed by atoms with Crippen LogP contribution in [0.3, 0.4) is 0 Å². The standard InChI is InChI=1S/C17H19ClO/c1-13(15-7-3-2-4-8-15)10-17(19)12-14-6-5-9-16(18)11-14/h2-9,11,13,17,19H,10,12H2,1H3. The molecule has 0 aromatic heterocycles. The highest BCUT2D eigenvalue weighted by atomic mass is 35.5. The van der Waals surface area contributed by atoms with E-state index in [1.54, 1.807) is 0 Å². The molecule has 0 saturated heterocycles. The number of hydrogen-bond donors (Lipinski definition) is 1. The summed E-state index contributed by atoms with van der Waals surface area (Å²) in [5.41, 5.74) is 2.35. The second-order valence-corrected chi connectivity index (χ2v) is 5.47. The predicted molar refractivity (Wildman–Crippen MR) is 80.6 cm³/mol. The average molecular weight is 275 g/mol. The molecule has 2 unspecified atom stereocenters. The van der Waals surface area contributed by atoms with E-state index in [2.05, 4.69) is 19.1 Å². The summed E-state index contributed by atoms with van der Waals surface area (Å²) in [4.78, 5) is 0. The molecule has 19 heavy (non-hydrogen) atoms. The van der Waals surface area contributed by atoms with E-state index in [0.717, 1.165) is 17.0 Å². The quantitative estimate of drug-likeness (QED) is 0.855. The molecule has 0 heterocycles. The normalized spacial score (nSPS) is 14.1. The van der Waals surface area contributed by atoms with Crippen molar-refractivity contribution in [3.63, 3.8) is 0 Å². The minimum Gasteiger partial charge on any atom is -0.393 e. The van der Waals surface area contributed by atoms with Crippen LogP contribution in [0.5, 0.6) is 0 Å². The second-order valence-electron chi connectivity index (χ2n) is 5.04. The molecule has 0 saturated carbocycles. The summed E-state index contributed by atoms with van der Waals surface area (Å²) < 4.78 is 0. The molecule has 0 bridgehead atoms. The first kappa shape index (κ1) is 14.1. The van der Waals surface area contributed by atoms with Gasteiger partial charge in [0.25, 0.3) is 0 Å². The minimum absolute atomic E-state index is 0.339. The van der Waals surface area contributed by atoms with Crippen LogP contribution in [0.15, 0.2) is 54.6 Å². The minimum atomic E-state index is -0.339. The summed E-state index contributed by atoms with van der Waals surface area (Å²) in [6.07, 6.45) is 1.07. The number of benzene rings is 2. The molecule has 0 amide bonds. The van der Waals surface area contributed by atoms with Gasteiger partial charge in [-0.2, -0.15) is 0 Å². The molecule has 0 spiro atoms. The molecular formula is C17H19ClO. The lowest BCUT2D eigenvalue weighted by Gasteiger charge is -2.17. The van der Waals surface area contributed by atoms with Gasteiger partial charge in [-0.1, -0.05) is 61.0 Å². The third-order valence-corrected chi connectivity index (χ3v) is 3.59. The first-order valence-electron chi connectivity index (χ1n) is 6.62. The Morgan fingerprint density at radius 3 is 2.47 bits per heavy atom. The van der Waals surface area contributed by atoms with E-state index in [0.29, 0.717) is 12.3 Å². The van der Waals surface area contributed by atoms with Crippen molar-refractivity contribution in [3.8, 4) is 0 Å². The Labute approximate surface area is 119 Å². The Morgan fingerprint density at radius 1 is 1.05 bits per heavy atom. The van der Waals surface area contributed by atoms with Gasteiger partial charge in [0.1, 0.15) is 0 Å². The molecule has 0 aliphatic rings. The van der Waals surface area contributed by atoms with Gasteiger partial charge in [-0.25, -0.2) is 0 Å². The Balaban J connectivity index is 1.92. The molecule has 2 heteroatoms. The largest absolute Gasteiger partial charge is 0.393 e. The highest BCUT2D eigenvalue weighted by molar-refractivity contribution is 6.30. The maximum absolute atomic E-state index is 10.2. The van der Waals surface area contributed by atoms with Crippen molar-refractivity contribution < 1.29 is 5.11 Å². The van der Waals surface area contributed by atoms with Crippen LogP contribution in [-0.4, -0.2) is 11.2 Å². The maximum Gasteiger partial charge on any atom is 0.0586 e. The van der Waals surface area contributed by atoms with Gasteiger partial charge < -0.3 is 5.11 Å².